The zero-order valence-corrected chi connectivity index (χ0v) is 18.1. The summed E-state index contributed by atoms with van der Waals surface area (Å²) in [6.07, 6.45) is 0.918. The second-order valence-electron chi connectivity index (χ2n) is 5.91. The highest BCUT2D eigenvalue weighted by molar-refractivity contribution is 14.0. The largest absolute Gasteiger partial charge is 0.383 e. The Morgan fingerprint density at radius 2 is 1.80 bits per heavy atom. The maximum Gasteiger partial charge on any atom is 0.251 e. The zero-order chi connectivity index (χ0) is 17.9. The van der Waals surface area contributed by atoms with Gasteiger partial charge in [0.25, 0.3) is 5.91 Å². The average Bonchev–Trinajstić information content (AvgIpc) is 2.59. The van der Waals surface area contributed by atoms with Gasteiger partial charge in [0.15, 0.2) is 5.96 Å². The Kier molecular flexibility index (Phi) is 12.2. The van der Waals surface area contributed by atoms with Crippen molar-refractivity contribution in [2.75, 3.05) is 20.8 Å². The number of nitrogens with zero attached hydrogens (tertiary/aromatic N) is 1. The van der Waals surface area contributed by atoms with Crippen molar-refractivity contribution in [2.24, 2.45) is 4.99 Å². The van der Waals surface area contributed by atoms with Crippen molar-refractivity contribution in [1.82, 2.24) is 16.0 Å². The quantitative estimate of drug-likeness (QED) is 0.316. The van der Waals surface area contributed by atoms with Crippen molar-refractivity contribution in [3.8, 4) is 0 Å². The molecule has 0 saturated carbocycles. The Labute approximate surface area is 168 Å². The van der Waals surface area contributed by atoms with Crippen LogP contribution in [0.5, 0.6) is 0 Å². The van der Waals surface area contributed by atoms with Crippen LogP contribution in [0.4, 0.5) is 0 Å². The van der Waals surface area contributed by atoms with Crippen LogP contribution in [-0.2, 0) is 11.3 Å². The van der Waals surface area contributed by atoms with E-state index in [-0.39, 0.29) is 42.0 Å². The van der Waals surface area contributed by atoms with E-state index in [2.05, 4.69) is 20.9 Å². The lowest BCUT2D eigenvalue weighted by Gasteiger charge is -2.17. The van der Waals surface area contributed by atoms with Gasteiger partial charge in [-0.25, -0.2) is 0 Å². The lowest BCUT2D eigenvalue weighted by Crippen LogP contribution is -2.43. The number of methoxy groups -OCH3 is 1. The molecule has 0 fully saturated rings. The fourth-order valence-corrected chi connectivity index (χ4v) is 2.09. The number of guanidine groups is 1. The minimum atomic E-state index is -0.0327. The SMILES string of the molecule is CCC(C)NC(=O)c1ccc(CNC(=NC)NC(C)COC)cc1.I. The molecule has 0 saturated heterocycles. The topological polar surface area (TPSA) is 74.8 Å². The highest BCUT2D eigenvalue weighted by Crippen LogP contribution is 2.05. The first-order valence-corrected chi connectivity index (χ1v) is 8.36. The van der Waals surface area contributed by atoms with Crippen molar-refractivity contribution in [1.29, 1.82) is 0 Å². The Bertz CT molecular complexity index is 534. The third-order valence-electron chi connectivity index (χ3n) is 3.69. The number of nitrogens with one attached hydrogen (secondary N) is 3. The van der Waals surface area contributed by atoms with Crippen LogP contribution in [0.25, 0.3) is 0 Å². The van der Waals surface area contributed by atoms with Gasteiger partial charge in [-0.05, 0) is 38.0 Å². The highest BCUT2D eigenvalue weighted by atomic mass is 127. The molecule has 3 N–H and O–H groups in total. The average molecular weight is 462 g/mol. The molecule has 7 heteroatoms. The number of carbonyl (C=O) groups excluding carboxylic acids is 1. The summed E-state index contributed by atoms with van der Waals surface area (Å²) >= 11 is 0. The van der Waals surface area contributed by atoms with Crippen LogP contribution in [0.15, 0.2) is 29.3 Å². The van der Waals surface area contributed by atoms with Crippen LogP contribution in [-0.4, -0.2) is 44.7 Å². The summed E-state index contributed by atoms with van der Waals surface area (Å²) in [5.41, 5.74) is 1.76. The van der Waals surface area contributed by atoms with Crippen LogP contribution in [0, 0.1) is 0 Å². The summed E-state index contributed by atoms with van der Waals surface area (Å²) in [4.78, 5) is 16.2. The molecule has 0 radical (unpaired) electrons. The number of rotatable bonds is 8. The molecule has 1 aromatic rings. The van der Waals surface area contributed by atoms with Crippen LogP contribution in [0.3, 0.4) is 0 Å². The molecule has 2 unspecified atom stereocenters. The Balaban J connectivity index is 0.00000576. The lowest BCUT2D eigenvalue weighted by molar-refractivity contribution is 0.0939. The van der Waals surface area contributed by atoms with Gasteiger partial charge < -0.3 is 20.7 Å². The van der Waals surface area contributed by atoms with Gasteiger partial charge in [-0.1, -0.05) is 19.1 Å². The highest BCUT2D eigenvalue weighted by Gasteiger charge is 2.08. The predicted molar refractivity (Wildman–Crippen MR) is 114 cm³/mol. The van der Waals surface area contributed by atoms with Crippen molar-refractivity contribution in [3.63, 3.8) is 0 Å². The molecular weight excluding hydrogens is 431 g/mol. The Morgan fingerprint density at radius 1 is 1.16 bits per heavy atom. The first-order valence-electron chi connectivity index (χ1n) is 8.36. The van der Waals surface area contributed by atoms with Crippen molar-refractivity contribution in [2.45, 2.75) is 45.8 Å². The molecule has 0 aliphatic heterocycles. The molecule has 6 nitrogen and oxygen atoms in total. The Morgan fingerprint density at radius 3 is 2.32 bits per heavy atom. The number of hydrogen-bond acceptors (Lipinski definition) is 3. The van der Waals surface area contributed by atoms with E-state index in [0.29, 0.717) is 18.7 Å². The first kappa shape index (κ1) is 23.6. The number of amides is 1. The van der Waals surface area contributed by atoms with Crippen LogP contribution in [0.1, 0.15) is 43.1 Å². The predicted octanol–water partition coefficient (Wildman–Crippen LogP) is 2.53. The molecular formula is C18H31IN4O2. The molecule has 0 aliphatic carbocycles. The fourth-order valence-electron chi connectivity index (χ4n) is 2.09. The summed E-state index contributed by atoms with van der Waals surface area (Å²) in [6.45, 7) is 7.32. The van der Waals surface area contributed by atoms with Gasteiger partial charge in [0.05, 0.1) is 6.61 Å². The minimum Gasteiger partial charge on any atom is -0.383 e. The maximum absolute atomic E-state index is 12.1. The monoisotopic (exact) mass is 462 g/mol. The van der Waals surface area contributed by atoms with Crippen LogP contribution >= 0.6 is 24.0 Å². The second kappa shape index (κ2) is 12.9. The molecule has 1 rings (SSSR count). The van der Waals surface area contributed by atoms with Gasteiger partial charge in [-0.3, -0.25) is 9.79 Å². The van der Waals surface area contributed by atoms with Crippen molar-refractivity contribution in [3.05, 3.63) is 35.4 Å². The van der Waals surface area contributed by atoms with E-state index in [9.17, 15) is 4.79 Å². The van der Waals surface area contributed by atoms with Gasteiger partial charge in [0.1, 0.15) is 0 Å². The molecule has 25 heavy (non-hydrogen) atoms. The van der Waals surface area contributed by atoms with E-state index in [0.717, 1.165) is 17.9 Å². The number of aliphatic imine (C=N–C) groups is 1. The summed E-state index contributed by atoms with van der Waals surface area (Å²) in [5, 5.41) is 9.46. The normalized spacial score (nSPS) is 13.4. The van der Waals surface area contributed by atoms with E-state index in [1.807, 2.05) is 45.0 Å². The van der Waals surface area contributed by atoms with Gasteiger partial charge in [0.2, 0.25) is 0 Å². The molecule has 0 heterocycles. The van der Waals surface area contributed by atoms with E-state index >= 15 is 0 Å². The summed E-state index contributed by atoms with van der Waals surface area (Å²) in [5.74, 6) is 0.688. The van der Waals surface area contributed by atoms with Gasteiger partial charge in [0, 0.05) is 38.3 Å². The molecule has 0 aliphatic rings. The fraction of sp³-hybridized carbons (Fsp3) is 0.556. The maximum atomic E-state index is 12.1. The van der Waals surface area contributed by atoms with E-state index < -0.39 is 0 Å². The summed E-state index contributed by atoms with van der Waals surface area (Å²) in [7, 11) is 3.41. The summed E-state index contributed by atoms with van der Waals surface area (Å²) in [6, 6.07) is 7.95. The third-order valence-corrected chi connectivity index (χ3v) is 3.69. The first-order chi connectivity index (χ1) is 11.5. The second-order valence-corrected chi connectivity index (χ2v) is 5.91. The summed E-state index contributed by atoms with van der Waals surface area (Å²) < 4.78 is 5.10. The smallest absolute Gasteiger partial charge is 0.251 e. The lowest BCUT2D eigenvalue weighted by atomic mass is 10.1. The van der Waals surface area contributed by atoms with Gasteiger partial charge >= 0.3 is 0 Å². The molecule has 2 atom stereocenters. The van der Waals surface area contributed by atoms with Crippen LogP contribution in [0.2, 0.25) is 0 Å². The van der Waals surface area contributed by atoms with Gasteiger partial charge in [-0.15, -0.1) is 24.0 Å². The van der Waals surface area contributed by atoms with Crippen molar-refractivity contribution < 1.29 is 9.53 Å². The van der Waals surface area contributed by atoms with Gasteiger partial charge in [-0.2, -0.15) is 0 Å². The molecule has 0 spiro atoms. The number of halogens is 1. The van der Waals surface area contributed by atoms with E-state index in [1.165, 1.54) is 0 Å². The molecule has 1 amide bonds. The van der Waals surface area contributed by atoms with Crippen molar-refractivity contribution >= 4 is 35.8 Å². The standard InChI is InChI=1S/C18H30N4O2.HI/c1-6-13(2)21-17(23)16-9-7-15(8-10-16)11-20-18(19-4)22-14(3)12-24-5;/h7-10,13-14H,6,11-12H2,1-5H3,(H,21,23)(H2,19,20,22);1H. The number of carbonyl (C=O) groups is 1. The zero-order valence-electron chi connectivity index (χ0n) is 15.8. The van der Waals surface area contributed by atoms with Crippen LogP contribution < -0.4 is 16.0 Å². The molecule has 0 bridgehead atoms. The Hall–Kier alpha value is -1.35. The number of benzene rings is 1. The van der Waals surface area contributed by atoms with E-state index in [4.69, 9.17) is 4.74 Å². The number of hydrogen-bond donors (Lipinski definition) is 3. The molecule has 142 valence electrons. The molecule has 1 aromatic carbocycles. The minimum absolute atomic E-state index is 0. The van der Waals surface area contributed by atoms with E-state index in [1.54, 1.807) is 14.2 Å². The molecule has 0 aromatic heterocycles. The third kappa shape index (κ3) is 9.06. The number of ether oxygens (including phenoxy) is 1.